The van der Waals surface area contributed by atoms with Gasteiger partial charge in [0.05, 0.1) is 18.2 Å². The van der Waals surface area contributed by atoms with Gasteiger partial charge in [0.25, 0.3) is 6.43 Å². The molecule has 5 nitrogen and oxygen atoms in total. The predicted octanol–water partition coefficient (Wildman–Crippen LogP) is 4.38. The van der Waals surface area contributed by atoms with E-state index in [2.05, 4.69) is 10.6 Å². The summed E-state index contributed by atoms with van der Waals surface area (Å²) < 4.78 is 28.1. The number of aliphatic hydroxyl groups excluding tert-OH is 2. The summed E-state index contributed by atoms with van der Waals surface area (Å²) in [5, 5.41) is 27.3. The molecule has 1 aliphatic rings. The number of hydrogen-bond donors (Lipinski definition) is 4. The zero-order valence-electron chi connectivity index (χ0n) is 19.6. The molecule has 6 atom stereocenters. The SMILES string of the molecule is CCC(=O)N[C@@H]1CN[C@H](C(F)F)[C@H](CCC(O)c2ccccc2)[C@@H]1CCC(O)c1ccccc1. The van der Waals surface area contributed by atoms with Gasteiger partial charge in [0.15, 0.2) is 0 Å². The topological polar surface area (TPSA) is 81.6 Å². The monoisotopic (exact) mass is 474 g/mol. The van der Waals surface area contributed by atoms with Crippen molar-refractivity contribution in [3.8, 4) is 0 Å². The Kier molecular flexibility index (Phi) is 9.99. The van der Waals surface area contributed by atoms with E-state index < -0.39 is 30.6 Å². The molecule has 1 heterocycles. The first-order valence-electron chi connectivity index (χ1n) is 12.2. The molecule has 0 spiro atoms. The number of rotatable bonds is 11. The van der Waals surface area contributed by atoms with E-state index in [0.29, 0.717) is 32.1 Å². The van der Waals surface area contributed by atoms with Crippen LogP contribution in [0.5, 0.6) is 0 Å². The molecular weight excluding hydrogens is 438 g/mol. The quantitative estimate of drug-likeness (QED) is 0.390. The fourth-order valence-electron chi connectivity index (χ4n) is 5.07. The van der Waals surface area contributed by atoms with Crippen LogP contribution in [-0.2, 0) is 4.79 Å². The number of amides is 1. The highest BCUT2D eigenvalue weighted by Gasteiger charge is 2.43. The fraction of sp³-hybridized carbons (Fsp3) is 0.519. The standard InChI is InChI=1S/C27H36F2N2O3/c1-2-25(34)31-22-17-30-26(27(28)29)21(14-16-24(33)19-11-7-4-8-12-19)20(22)13-15-23(32)18-9-5-3-6-10-18/h3-12,20-24,26-27,30,32-33H,2,13-17H2,1H3,(H,31,34)/t20-,21+,22+,23?,24?,26-/m0/s1. The van der Waals surface area contributed by atoms with Crippen molar-refractivity contribution >= 4 is 5.91 Å². The highest BCUT2D eigenvalue weighted by molar-refractivity contribution is 5.75. The molecule has 1 aliphatic heterocycles. The summed E-state index contributed by atoms with van der Waals surface area (Å²) in [5.41, 5.74) is 1.54. The van der Waals surface area contributed by atoms with Crippen LogP contribution in [0.25, 0.3) is 0 Å². The second-order valence-corrected chi connectivity index (χ2v) is 9.13. The molecule has 0 saturated carbocycles. The number of carbonyl (C=O) groups excluding carboxylic acids is 1. The molecule has 186 valence electrons. The Hall–Kier alpha value is -2.35. The maximum atomic E-state index is 14.0. The molecule has 0 aromatic heterocycles. The van der Waals surface area contributed by atoms with Crippen LogP contribution in [0.2, 0.25) is 0 Å². The molecule has 0 aliphatic carbocycles. The lowest BCUT2D eigenvalue weighted by atomic mass is 9.72. The van der Waals surface area contributed by atoms with E-state index >= 15 is 0 Å². The molecule has 2 unspecified atom stereocenters. The first-order chi connectivity index (χ1) is 16.4. The average Bonchev–Trinajstić information content (AvgIpc) is 2.87. The Morgan fingerprint density at radius 1 is 0.941 bits per heavy atom. The van der Waals surface area contributed by atoms with Crippen LogP contribution in [0.15, 0.2) is 60.7 Å². The molecule has 1 amide bonds. The Labute approximate surface area is 200 Å². The highest BCUT2D eigenvalue weighted by Crippen LogP contribution is 2.37. The van der Waals surface area contributed by atoms with Gasteiger partial charge in [0, 0.05) is 19.0 Å². The summed E-state index contributed by atoms with van der Waals surface area (Å²) in [6, 6.07) is 17.1. The Morgan fingerprint density at radius 2 is 1.44 bits per heavy atom. The summed E-state index contributed by atoms with van der Waals surface area (Å²) in [4.78, 5) is 12.2. The molecule has 0 radical (unpaired) electrons. The Bertz CT molecular complexity index is 869. The third-order valence-corrected chi connectivity index (χ3v) is 6.96. The van der Waals surface area contributed by atoms with Crippen LogP contribution >= 0.6 is 0 Å². The number of piperidine rings is 1. The minimum Gasteiger partial charge on any atom is -0.388 e. The van der Waals surface area contributed by atoms with Crippen molar-refractivity contribution in [3.05, 3.63) is 71.8 Å². The fourth-order valence-corrected chi connectivity index (χ4v) is 5.07. The largest absolute Gasteiger partial charge is 0.388 e. The normalized spacial score (nSPS) is 24.5. The van der Waals surface area contributed by atoms with E-state index in [1.165, 1.54) is 0 Å². The lowest BCUT2D eigenvalue weighted by molar-refractivity contribution is -0.122. The lowest BCUT2D eigenvalue weighted by Crippen LogP contribution is -2.61. The van der Waals surface area contributed by atoms with E-state index in [1.807, 2.05) is 60.7 Å². The Morgan fingerprint density at radius 3 is 1.91 bits per heavy atom. The minimum absolute atomic E-state index is 0.126. The number of hydrogen-bond acceptors (Lipinski definition) is 4. The van der Waals surface area contributed by atoms with Crippen molar-refractivity contribution in [1.29, 1.82) is 0 Å². The van der Waals surface area contributed by atoms with Gasteiger partial charge in [-0.3, -0.25) is 4.79 Å². The van der Waals surface area contributed by atoms with Crippen LogP contribution in [0.3, 0.4) is 0 Å². The van der Waals surface area contributed by atoms with E-state index in [1.54, 1.807) is 6.92 Å². The molecule has 2 aromatic carbocycles. The number of aliphatic hydroxyl groups is 2. The van der Waals surface area contributed by atoms with E-state index in [9.17, 15) is 23.8 Å². The molecule has 1 saturated heterocycles. The zero-order valence-corrected chi connectivity index (χ0v) is 19.6. The van der Waals surface area contributed by atoms with Crippen molar-refractivity contribution in [3.63, 3.8) is 0 Å². The van der Waals surface area contributed by atoms with Gasteiger partial charge in [0.2, 0.25) is 5.91 Å². The van der Waals surface area contributed by atoms with Gasteiger partial charge in [-0.05, 0) is 48.6 Å². The second kappa shape index (κ2) is 12.9. The van der Waals surface area contributed by atoms with Gasteiger partial charge in [-0.1, -0.05) is 67.6 Å². The maximum absolute atomic E-state index is 14.0. The third-order valence-electron chi connectivity index (χ3n) is 6.96. The smallest absolute Gasteiger partial charge is 0.253 e. The molecule has 3 rings (SSSR count). The molecule has 7 heteroatoms. The summed E-state index contributed by atoms with van der Waals surface area (Å²) >= 11 is 0. The minimum atomic E-state index is -2.57. The number of carbonyl (C=O) groups is 1. The van der Waals surface area contributed by atoms with Crippen LogP contribution in [0.1, 0.15) is 62.4 Å². The third kappa shape index (κ3) is 7.08. The first-order valence-corrected chi connectivity index (χ1v) is 12.2. The second-order valence-electron chi connectivity index (χ2n) is 9.13. The number of alkyl halides is 2. The predicted molar refractivity (Wildman–Crippen MR) is 128 cm³/mol. The summed E-state index contributed by atoms with van der Waals surface area (Å²) in [5.74, 6) is -0.840. The van der Waals surface area contributed by atoms with Crippen molar-refractivity contribution < 1.29 is 23.8 Å². The van der Waals surface area contributed by atoms with Crippen LogP contribution in [0.4, 0.5) is 8.78 Å². The van der Waals surface area contributed by atoms with Crippen LogP contribution in [0, 0.1) is 11.8 Å². The molecule has 4 N–H and O–H groups in total. The van der Waals surface area contributed by atoms with Crippen LogP contribution in [-0.4, -0.2) is 41.2 Å². The van der Waals surface area contributed by atoms with E-state index in [0.717, 1.165) is 11.1 Å². The maximum Gasteiger partial charge on any atom is 0.253 e. The summed E-state index contributed by atoms with van der Waals surface area (Å²) in [6.07, 6.45) is -2.11. The van der Waals surface area contributed by atoms with Gasteiger partial charge in [-0.2, -0.15) is 0 Å². The van der Waals surface area contributed by atoms with Gasteiger partial charge in [0.1, 0.15) is 0 Å². The number of halogens is 2. The van der Waals surface area contributed by atoms with Gasteiger partial charge in [-0.15, -0.1) is 0 Å². The van der Waals surface area contributed by atoms with Crippen molar-refractivity contribution in [2.24, 2.45) is 11.8 Å². The van der Waals surface area contributed by atoms with Crippen molar-refractivity contribution in [2.45, 2.75) is 69.7 Å². The number of benzene rings is 2. The van der Waals surface area contributed by atoms with Crippen molar-refractivity contribution in [1.82, 2.24) is 10.6 Å². The van der Waals surface area contributed by atoms with E-state index in [-0.39, 0.29) is 24.4 Å². The summed E-state index contributed by atoms with van der Waals surface area (Å²) in [6.45, 7) is 2.01. The first kappa shape index (κ1) is 26.3. The molecule has 2 aromatic rings. The average molecular weight is 475 g/mol. The Balaban J connectivity index is 1.78. The molecular formula is C27H36F2N2O3. The van der Waals surface area contributed by atoms with Crippen molar-refractivity contribution in [2.75, 3.05) is 6.54 Å². The van der Waals surface area contributed by atoms with Gasteiger partial charge in [-0.25, -0.2) is 8.78 Å². The van der Waals surface area contributed by atoms with E-state index in [4.69, 9.17) is 0 Å². The van der Waals surface area contributed by atoms with Crippen LogP contribution < -0.4 is 10.6 Å². The van der Waals surface area contributed by atoms with Gasteiger partial charge < -0.3 is 20.8 Å². The zero-order chi connectivity index (χ0) is 24.5. The molecule has 0 bridgehead atoms. The lowest BCUT2D eigenvalue weighted by Gasteiger charge is -2.44. The number of nitrogens with one attached hydrogen (secondary N) is 2. The van der Waals surface area contributed by atoms with Gasteiger partial charge >= 0.3 is 0 Å². The molecule has 1 fully saturated rings. The summed E-state index contributed by atoms with van der Waals surface area (Å²) in [7, 11) is 0. The molecule has 34 heavy (non-hydrogen) atoms. The highest BCUT2D eigenvalue weighted by atomic mass is 19.3.